The lowest BCUT2D eigenvalue weighted by atomic mass is 10.0. The summed E-state index contributed by atoms with van der Waals surface area (Å²) >= 11 is 0. The van der Waals surface area contributed by atoms with Gasteiger partial charge in [-0.2, -0.15) is 0 Å². The molecule has 1 atom stereocenters. The zero-order valence-corrected chi connectivity index (χ0v) is 7.84. The first-order valence-corrected chi connectivity index (χ1v) is 5.56. The summed E-state index contributed by atoms with van der Waals surface area (Å²) in [5, 5.41) is 0. The molecular formula is C9H9NO2S. The number of carbonyl (C=O) groups excluding carboxylic acids is 1. The lowest BCUT2D eigenvalue weighted by Gasteiger charge is -2.15. The van der Waals surface area contributed by atoms with E-state index in [1.165, 1.54) is 6.20 Å². The van der Waals surface area contributed by atoms with Gasteiger partial charge in [0.15, 0.2) is 6.29 Å². The van der Waals surface area contributed by atoms with Gasteiger partial charge in [-0.25, -0.2) is 0 Å². The normalized spacial score (nSPS) is 20.8. The Morgan fingerprint density at radius 1 is 1.46 bits per heavy atom. The number of hydrogen-bond donors (Lipinski definition) is 0. The largest absolute Gasteiger partial charge is 0.298 e. The average Bonchev–Trinajstić information content (AvgIpc) is 2.17. The molecule has 2 heterocycles. The van der Waals surface area contributed by atoms with E-state index < -0.39 is 10.8 Å². The highest BCUT2D eigenvalue weighted by molar-refractivity contribution is 7.84. The molecule has 1 aliphatic heterocycles. The molecular weight excluding hydrogens is 186 g/mol. The van der Waals surface area contributed by atoms with E-state index in [0.717, 1.165) is 23.8 Å². The van der Waals surface area contributed by atoms with Crippen LogP contribution in [0.5, 0.6) is 0 Å². The summed E-state index contributed by atoms with van der Waals surface area (Å²) in [6.07, 6.45) is 4.86. The quantitative estimate of drug-likeness (QED) is 0.620. The molecule has 0 saturated heterocycles. The summed E-state index contributed by atoms with van der Waals surface area (Å²) in [6.45, 7) is 0. The monoisotopic (exact) mass is 195 g/mol. The fourth-order valence-corrected chi connectivity index (χ4v) is 2.76. The number of aryl methyl sites for hydroxylation is 1. The molecule has 3 nitrogen and oxygen atoms in total. The zero-order valence-electron chi connectivity index (χ0n) is 7.03. The number of hydrogen-bond acceptors (Lipinski definition) is 3. The smallest absolute Gasteiger partial charge is 0.151 e. The van der Waals surface area contributed by atoms with Crippen LogP contribution in [-0.4, -0.2) is 21.2 Å². The molecule has 0 radical (unpaired) electrons. The standard InChI is InChI=1S/C9H9NO2S/c11-5-8-4-10-3-7-1-2-13(12)6-9(7)8/h3-5H,1-2,6H2. The molecule has 4 heteroatoms. The second-order valence-electron chi connectivity index (χ2n) is 3.02. The van der Waals surface area contributed by atoms with Gasteiger partial charge in [-0.15, -0.1) is 0 Å². The minimum absolute atomic E-state index is 0.506. The molecule has 0 N–H and O–H groups in total. The van der Waals surface area contributed by atoms with Crippen LogP contribution in [0.15, 0.2) is 12.4 Å². The van der Waals surface area contributed by atoms with Gasteiger partial charge in [0.2, 0.25) is 0 Å². The van der Waals surface area contributed by atoms with Crippen molar-refractivity contribution in [3.63, 3.8) is 0 Å². The van der Waals surface area contributed by atoms with E-state index in [2.05, 4.69) is 4.98 Å². The molecule has 1 unspecified atom stereocenters. The Morgan fingerprint density at radius 2 is 2.31 bits per heavy atom. The van der Waals surface area contributed by atoms with Crippen LogP contribution in [-0.2, 0) is 23.0 Å². The zero-order chi connectivity index (χ0) is 9.26. The number of fused-ring (bicyclic) bond motifs is 1. The number of rotatable bonds is 1. The Labute approximate surface area is 78.6 Å². The van der Waals surface area contributed by atoms with Crippen molar-refractivity contribution in [1.29, 1.82) is 0 Å². The lowest BCUT2D eigenvalue weighted by molar-refractivity contribution is 0.112. The van der Waals surface area contributed by atoms with Crippen molar-refractivity contribution in [2.24, 2.45) is 0 Å². The van der Waals surface area contributed by atoms with Gasteiger partial charge in [0.05, 0.1) is 0 Å². The van der Waals surface area contributed by atoms with Crippen LogP contribution in [0.3, 0.4) is 0 Å². The summed E-state index contributed by atoms with van der Waals surface area (Å²) in [6, 6.07) is 0. The van der Waals surface area contributed by atoms with Crippen molar-refractivity contribution >= 4 is 17.1 Å². The molecule has 1 aromatic heterocycles. The van der Waals surface area contributed by atoms with E-state index in [1.54, 1.807) is 6.20 Å². The molecule has 0 aromatic carbocycles. The van der Waals surface area contributed by atoms with Crippen LogP contribution in [0.25, 0.3) is 0 Å². The maximum atomic E-state index is 11.3. The van der Waals surface area contributed by atoms with Crippen LogP contribution >= 0.6 is 0 Å². The number of aldehydes is 1. The van der Waals surface area contributed by atoms with Crippen molar-refractivity contribution in [3.8, 4) is 0 Å². The van der Waals surface area contributed by atoms with Crippen molar-refractivity contribution in [2.75, 3.05) is 5.75 Å². The molecule has 0 fully saturated rings. The van der Waals surface area contributed by atoms with Gasteiger partial charge < -0.3 is 0 Å². The third-order valence-electron chi connectivity index (χ3n) is 2.21. The third kappa shape index (κ3) is 1.54. The van der Waals surface area contributed by atoms with Gasteiger partial charge >= 0.3 is 0 Å². The van der Waals surface area contributed by atoms with Crippen molar-refractivity contribution in [3.05, 3.63) is 29.1 Å². The minimum Gasteiger partial charge on any atom is -0.298 e. The highest BCUT2D eigenvalue weighted by Gasteiger charge is 2.17. The second kappa shape index (κ2) is 3.38. The summed E-state index contributed by atoms with van der Waals surface area (Å²) in [5.41, 5.74) is 2.59. The maximum absolute atomic E-state index is 11.3. The molecule has 0 amide bonds. The number of carbonyl (C=O) groups is 1. The van der Waals surface area contributed by atoms with Crippen LogP contribution in [0.1, 0.15) is 21.5 Å². The highest BCUT2D eigenvalue weighted by Crippen LogP contribution is 2.19. The molecule has 1 aromatic rings. The molecule has 68 valence electrons. The Hall–Kier alpha value is -1.03. The molecule has 0 spiro atoms. The lowest BCUT2D eigenvalue weighted by Crippen LogP contribution is -2.15. The van der Waals surface area contributed by atoms with Gasteiger partial charge in [-0.05, 0) is 17.5 Å². The van der Waals surface area contributed by atoms with Crippen LogP contribution in [0.2, 0.25) is 0 Å². The molecule has 1 aliphatic rings. The Morgan fingerprint density at radius 3 is 3.08 bits per heavy atom. The fourth-order valence-electron chi connectivity index (χ4n) is 1.50. The maximum Gasteiger partial charge on any atom is 0.151 e. The van der Waals surface area contributed by atoms with E-state index in [4.69, 9.17) is 0 Å². The second-order valence-corrected chi connectivity index (χ2v) is 4.60. The topological polar surface area (TPSA) is 47.0 Å². The predicted octanol–water partition coefficient (Wildman–Crippen LogP) is 0.699. The summed E-state index contributed by atoms with van der Waals surface area (Å²) < 4.78 is 11.3. The van der Waals surface area contributed by atoms with Crippen molar-refractivity contribution in [2.45, 2.75) is 12.2 Å². The average molecular weight is 195 g/mol. The van der Waals surface area contributed by atoms with Gasteiger partial charge in [-0.1, -0.05) is 0 Å². The Kier molecular flexibility index (Phi) is 2.22. The van der Waals surface area contributed by atoms with E-state index in [9.17, 15) is 9.00 Å². The molecule has 0 bridgehead atoms. The molecule has 13 heavy (non-hydrogen) atoms. The summed E-state index contributed by atoms with van der Waals surface area (Å²) in [5.74, 6) is 1.20. The first-order chi connectivity index (χ1) is 6.31. The van der Waals surface area contributed by atoms with E-state index in [0.29, 0.717) is 17.1 Å². The van der Waals surface area contributed by atoms with Crippen LogP contribution < -0.4 is 0 Å². The Bertz CT molecular complexity index is 376. The van der Waals surface area contributed by atoms with Gasteiger partial charge in [0, 0.05) is 40.3 Å². The van der Waals surface area contributed by atoms with E-state index in [-0.39, 0.29) is 0 Å². The molecule has 0 saturated carbocycles. The van der Waals surface area contributed by atoms with Gasteiger partial charge in [-0.3, -0.25) is 14.0 Å². The van der Waals surface area contributed by atoms with Crippen LogP contribution in [0, 0.1) is 0 Å². The Balaban J connectivity index is 2.52. The van der Waals surface area contributed by atoms with Crippen molar-refractivity contribution in [1.82, 2.24) is 4.98 Å². The third-order valence-corrected chi connectivity index (χ3v) is 3.48. The van der Waals surface area contributed by atoms with Crippen molar-refractivity contribution < 1.29 is 9.00 Å². The minimum atomic E-state index is -0.800. The first-order valence-electron chi connectivity index (χ1n) is 4.07. The van der Waals surface area contributed by atoms with E-state index >= 15 is 0 Å². The fraction of sp³-hybridized carbons (Fsp3) is 0.333. The van der Waals surface area contributed by atoms with Gasteiger partial charge in [0.1, 0.15) is 0 Å². The number of pyridine rings is 1. The first kappa shape index (κ1) is 8.56. The highest BCUT2D eigenvalue weighted by atomic mass is 32.2. The van der Waals surface area contributed by atoms with Gasteiger partial charge in [0.25, 0.3) is 0 Å². The summed E-state index contributed by atoms with van der Waals surface area (Å²) in [4.78, 5) is 14.6. The van der Waals surface area contributed by atoms with E-state index in [1.807, 2.05) is 0 Å². The molecule has 2 rings (SSSR count). The van der Waals surface area contributed by atoms with Crippen LogP contribution in [0.4, 0.5) is 0 Å². The molecule has 0 aliphatic carbocycles. The number of aromatic nitrogens is 1. The SMILES string of the molecule is O=Cc1cncc2c1CS(=O)CC2. The predicted molar refractivity (Wildman–Crippen MR) is 50.0 cm³/mol. The summed E-state index contributed by atoms with van der Waals surface area (Å²) in [7, 11) is -0.800. The number of nitrogens with zero attached hydrogens (tertiary/aromatic N) is 1.